The van der Waals surface area contributed by atoms with Gasteiger partial charge in [-0.1, -0.05) is 47.5 Å². The molecule has 2 amide bonds. The maximum absolute atomic E-state index is 13.3. The number of carbonyl (C=O) groups is 2. The molecule has 4 rings (SSSR count). The lowest BCUT2D eigenvalue weighted by Gasteiger charge is -2.20. The lowest BCUT2D eigenvalue weighted by Crippen LogP contribution is -2.48. The first-order valence-electron chi connectivity index (χ1n) is 12.1. The Labute approximate surface area is 239 Å². The smallest absolute Gasteiger partial charge is 0.361 e. The van der Waals surface area contributed by atoms with Crippen molar-refractivity contribution in [3.05, 3.63) is 105 Å². The number of para-hydroxylation sites is 1. The van der Waals surface area contributed by atoms with Crippen LogP contribution in [-0.2, 0) is 30.0 Å². The zero-order chi connectivity index (χ0) is 29.9. The van der Waals surface area contributed by atoms with Crippen LogP contribution in [0.25, 0.3) is 10.9 Å². The van der Waals surface area contributed by atoms with Gasteiger partial charge in [-0.15, -0.1) is 0 Å². The number of alkyl halides is 6. The Morgan fingerprint density at radius 3 is 2.15 bits per heavy atom. The molecule has 5 nitrogen and oxygen atoms in total. The Kier molecular flexibility index (Phi) is 8.89. The molecule has 0 aliphatic rings. The van der Waals surface area contributed by atoms with Crippen LogP contribution in [0.15, 0.2) is 66.9 Å². The van der Waals surface area contributed by atoms with Crippen LogP contribution in [0.3, 0.4) is 0 Å². The zero-order valence-corrected chi connectivity index (χ0v) is 22.4. The highest BCUT2D eigenvalue weighted by Crippen LogP contribution is 2.36. The first-order chi connectivity index (χ1) is 19.2. The summed E-state index contributed by atoms with van der Waals surface area (Å²) in [5.41, 5.74) is -2.17. The van der Waals surface area contributed by atoms with Crippen molar-refractivity contribution >= 4 is 45.9 Å². The van der Waals surface area contributed by atoms with Crippen LogP contribution in [0.2, 0.25) is 10.0 Å². The molecule has 0 fully saturated rings. The molecule has 0 spiro atoms. The predicted molar refractivity (Wildman–Crippen MR) is 143 cm³/mol. The Hall–Kier alpha value is -3.70. The van der Waals surface area contributed by atoms with Crippen LogP contribution < -0.4 is 10.6 Å². The minimum Gasteiger partial charge on any atom is -0.361 e. The van der Waals surface area contributed by atoms with E-state index in [9.17, 15) is 35.9 Å². The van der Waals surface area contributed by atoms with E-state index < -0.39 is 46.9 Å². The molecule has 3 N–H and O–H groups in total. The largest absolute Gasteiger partial charge is 0.416 e. The number of nitrogens with one attached hydrogen (secondary N) is 3. The van der Waals surface area contributed by atoms with E-state index in [0.29, 0.717) is 33.3 Å². The average molecular weight is 616 g/mol. The molecule has 0 radical (unpaired) electrons. The number of fused-ring (bicyclic) bond motifs is 1. The fourth-order valence-corrected chi connectivity index (χ4v) is 4.73. The number of hydrogen-bond donors (Lipinski definition) is 3. The van der Waals surface area contributed by atoms with Gasteiger partial charge >= 0.3 is 12.4 Å². The molecule has 0 saturated heterocycles. The fraction of sp³-hybridized carbons (Fsp3) is 0.214. The molecule has 216 valence electrons. The van der Waals surface area contributed by atoms with E-state index in [4.69, 9.17) is 23.2 Å². The first kappa shape index (κ1) is 30.3. The van der Waals surface area contributed by atoms with E-state index in [1.165, 1.54) is 6.07 Å². The van der Waals surface area contributed by atoms with Crippen molar-refractivity contribution in [2.24, 2.45) is 0 Å². The summed E-state index contributed by atoms with van der Waals surface area (Å²) in [5.74, 6) is -1.97. The summed E-state index contributed by atoms with van der Waals surface area (Å²) >= 11 is 12.1. The van der Waals surface area contributed by atoms with Crippen molar-refractivity contribution in [2.45, 2.75) is 31.2 Å². The third-order valence-corrected chi connectivity index (χ3v) is 6.87. The molecule has 3 aromatic carbocycles. The molecule has 0 bridgehead atoms. The third-order valence-electron chi connectivity index (χ3n) is 6.28. The highest BCUT2D eigenvalue weighted by Gasteiger charge is 2.38. The van der Waals surface area contributed by atoms with Gasteiger partial charge in [0, 0.05) is 45.7 Å². The number of amides is 2. The Bertz CT molecular complexity index is 1550. The van der Waals surface area contributed by atoms with Gasteiger partial charge in [-0.25, -0.2) is 0 Å². The Morgan fingerprint density at radius 2 is 1.51 bits per heavy atom. The summed E-state index contributed by atoms with van der Waals surface area (Å²) < 4.78 is 80.0. The van der Waals surface area contributed by atoms with E-state index in [1.807, 2.05) is 0 Å². The van der Waals surface area contributed by atoms with Gasteiger partial charge in [0.2, 0.25) is 5.91 Å². The molecule has 1 unspecified atom stereocenters. The molecule has 0 aliphatic heterocycles. The van der Waals surface area contributed by atoms with E-state index in [1.54, 1.807) is 42.6 Å². The molecule has 1 aromatic heterocycles. The standard InChI is InChI=1S/C28H21Cl2F6N3O2/c29-20-6-5-15(22(30)13-20)7-8-37-26(41)24(11-17-14-38-23-4-2-1-3-21(17)23)39-25(40)16-9-18(27(31,32)33)12-19(10-16)28(34,35)36/h1-6,9-10,12-14,24,38H,7-8,11H2,(H,37,41)(H,39,40). The molecule has 1 heterocycles. The summed E-state index contributed by atoms with van der Waals surface area (Å²) in [5, 5.41) is 6.49. The van der Waals surface area contributed by atoms with E-state index in [-0.39, 0.29) is 25.5 Å². The lowest BCUT2D eigenvalue weighted by molar-refractivity contribution is -0.143. The summed E-state index contributed by atoms with van der Waals surface area (Å²) in [6.45, 7) is 0.0716. The van der Waals surface area contributed by atoms with Gasteiger partial charge < -0.3 is 15.6 Å². The zero-order valence-electron chi connectivity index (χ0n) is 20.9. The molecule has 0 aliphatic carbocycles. The highest BCUT2D eigenvalue weighted by atomic mass is 35.5. The van der Waals surface area contributed by atoms with E-state index in [0.717, 1.165) is 10.9 Å². The number of benzene rings is 3. The summed E-state index contributed by atoms with van der Waals surface area (Å²) in [4.78, 5) is 29.2. The minimum atomic E-state index is -5.14. The van der Waals surface area contributed by atoms with Gasteiger partial charge in [0.05, 0.1) is 11.1 Å². The number of hydrogen-bond acceptors (Lipinski definition) is 2. The molecule has 13 heteroatoms. The highest BCUT2D eigenvalue weighted by molar-refractivity contribution is 6.35. The number of H-pyrrole nitrogens is 1. The van der Waals surface area contributed by atoms with Gasteiger partial charge in [0.25, 0.3) is 5.91 Å². The van der Waals surface area contributed by atoms with Crippen molar-refractivity contribution < 1.29 is 35.9 Å². The quantitative estimate of drug-likeness (QED) is 0.183. The van der Waals surface area contributed by atoms with Crippen molar-refractivity contribution in [2.75, 3.05) is 6.54 Å². The van der Waals surface area contributed by atoms with Crippen LogP contribution in [0.4, 0.5) is 26.3 Å². The third kappa shape index (κ3) is 7.53. The van der Waals surface area contributed by atoms with Crippen molar-refractivity contribution in [1.82, 2.24) is 15.6 Å². The van der Waals surface area contributed by atoms with Crippen molar-refractivity contribution in [3.8, 4) is 0 Å². The summed E-state index contributed by atoms with van der Waals surface area (Å²) in [6, 6.07) is 11.1. The number of halogens is 8. The Morgan fingerprint density at radius 1 is 0.854 bits per heavy atom. The normalized spacial score (nSPS) is 12.8. The van der Waals surface area contributed by atoms with Crippen molar-refractivity contribution in [3.63, 3.8) is 0 Å². The second kappa shape index (κ2) is 12.0. The van der Waals surface area contributed by atoms with Crippen LogP contribution >= 0.6 is 23.2 Å². The number of aromatic nitrogens is 1. The lowest BCUT2D eigenvalue weighted by atomic mass is 10.0. The van der Waals surface area contributed by atoms with Gasteiger partial charge in [0.1, 0.15) is 6.04 Å². The summed E-state index contributed by atoms with van der Waals surface area (Å²) in [7, 11) is 0. The van der Waals surface area contributed by atoms with Crippen LogP contribution in [-0.4, -0.2) is 29.4 Å². The molecule has 1 atom stereocenters. The molecule has 4 aromatic rings. The molecular formula is C28H21Cl2F6N3O2. The van der Waals surface area contributed by atoms with Crippen LogP contribution in [0.1, 0.15) is 32.6 Å². The number of rotatable bonds is 8. The molecular weight excluding hydrogens is 595 g/mol. The predicted octanol–water partition coefficient (Wildman–Crippen LogP) is 7.21. The van der Waals surface area contributed by atoms with E-state index >= 15 is 0 Å². The second-order valence-corrected chi connectivity index (χ2v) is 10.0. The monoisotopic (exact) mass is 615 g/mol. The molecule has 0 saturated carbocycles. The van der Waals surface area contributed by atoms with Gasteiger partial charge in [-0.05, 0) is 53.9 Å². The van der Waals surface area contributed by atoms with Crippen LogP contribution in [0.5, 0.6) is 0 Å². The second-order valence-electron chi connectivity index (χ2n) is 9.16. The van der Waals surface area contributed by atoms with E-state index in [2.05, 4.69) is 15.6 Å². The molecule has 41 heavy (non-hydrogen) atoms. The maximum atomic E-state index is 13.3. The van der Waals surface area contributed by atoms with Gasteiger partial charge in [-0.3, -0.25) is 9.59 Å². The van der Waals surface area contributed by atoms with Gasteiger partial charge in [-0.2, -0.15) is 26.3 Å². The number of carbonyl (C=O) groups excluding carboxylic acids is 2. The topological polar surface area (TPSA) is 74.0 Å². The average Bonchev–Trinajstić information content (AvgIpc) is 3.31. The Balaban J connectivity index is 1.60. The first-order valence-corrected chi connectivity index (χ1v) is 12.8. The van der Waals surface area contributed by atoms with Crippen LogP contribution in [0, 0.1) is 0 Å². The number of aromatic amines is 1. The van der Waals surface area contributed by atoms with Crippen molar-refractivity contribution in [1.29, 1.82) is 0 Å². The summed E-state index contributed by atoms with van der Waals surface area (Å²) in [6.07, 6.45) is -8.48. The maximum Gasteiger partial charge on any atom is 0.416 e. The van der Waals surface area contributed by atoms with Gasteiger partial charge in [0.15, 0.2) is 0 Å². The SMILES string of the molecule is O=C(NC(Cc1c[nH]c2ccccc12)C(=O)NCCc1ccc(Cl)cc1Cl)c1cc(C(F)(F)F)cc(C(F)(F)F)c1. The minimum absolute atomic E-state index is 0.0716. The fourth-order valence-electron chi connectivity index (χ4n) is 4.23.